The molecule has 0 heterocycles. The van der Waals surface area contributed by atoms with Gasteiger partial charge in [0, 0.05) is 0 Å². The molecule has 60 valence electrons. The summed E-state index contributed by atoms with van der Waals surface area (Å²) < 4.78 is 0.532. The van der Waals surface area contributed by atoms with Crippen LogP contribution in [0.15, 0.2) is 0 Å². The second kappa shape index (κ2) is 5.37. The van der Waals surface area contributed by atoms with Gasteiger partial charge in [0.2, 0.25) is 0 Å². The molecule has 0 spiro atoms. The van der Waals surface area contributed by atoms with Crippen LogP contribution in [0, 0.1) is 0 Å². The molecule has 0 rings (SSSR count). The minimum atomic E-state index is 0.254. The third-order valence-electron chi connectivity index (χ3n) is 0.664. The number of hydrogen-bond donors (Lipinski definition) is 0. The quantitative estimate of drug-likeness (QED) is 0.717. The van der Waals surface area contributed by atoms with Gasteiger partial charge in [0.15, 0.2) is 0 Å². The molecule has 0 saturated heterocycles. The Morgan fingerprint density at radius 2 is 1.30 bits per heavy atom. The SMILES string of the molecule is CC(C)[Se]C(=O)[Se]C(C)C. The summed E-state index contributed by atoms with van der Waals surface area (Å²) in [5, 5.41) is 0. The van der Waals surface area contributed by atoms with E-state index in [1.807, 2.05) is 0 Å². The summed E-state index contributed by atoms with van der Waals surface area (Å²) >= 11 is 0.508. The van der Waals surface area contributed by atoms with Crippen molar-refractivity contribution in [2.75, 3.05) is 0 Å². The first kappa shape index (κ1) is 10.7. The zero-order chi connectivity index (χ0) is 8.15. The van der Waals surface area contributed by atoms with Crippen LogP contribution in [0.2, 0.25) is 9.63 Å². The molecule has 0 N–H and O–H groups in total. The van der Waals surface area contributed by atoms with Crippen molar-refractivity contribution >= 4 is 33.5 Å². The van der Waals surface area contributed by atoms with Crippen LogP contribution in [0.1, 0.15) is 27.7 Å². The van der Waals surface area contributed by atoms with Gasteiger partial charge in [-0.1, -0.05) is 0 Å². The molecule has 0 aliphatic heterocycles. The molecular weight excluding hydrogens is 258 g/mol. The van der Waals surface area contributed by atoms with E-state index < -0.39 is 0 Å². The summed E-state index contributed by atoms with van der Waals surface area (Å²) in [6.45, 7) is 8.48. The molecule has 1 nitrogen and oxygen atoms in total. The van der Waals surface area contributed by atoms with Crippen molar-refractivity contribution in [1.82, 2.24) is 0 Å². The summed E-state index contributed by atoms with van der Waals surface area (Å²) in [4.78, 5) is 12.3. The van der Waals surface area contributed by atoms with Crippen LogP contribution in [-0.4, -0.2) is 33.5 Å². The van der Waals surface area contributed by atoms with Crippen molar-refractivity contribution in [3.8, 4) is 0 Å². The van der Waals surface area contributed by atoms with Gasteiger partial charge >= 0.3 is 75.6 Å². The summed E-state index contributed by atoms with van der Waals surface area (Å²) in [6.07, 6.45) is 0. The van der Waals surface area contributed by atoms with E-state index >= 15 is 0 Å². The molecule has 0 unspecified atom stereocenters. The third kappa shape index (κ3) is 6.82. The van der Waals surface area contributed by atoms with E-state index in [0.717, 1.165) is 0 Å². The first-order valence-electron chi connectivity index (χ1n) is 3.39. The molecule has 0 aromatic rings. The monoisotopic (exact) mass is 274 g/mol. The van der Waals surface area contributed by atoms with Gasteiger partial charge in [-0.25, -0.2) is 0 Å². The Hall–Kier alpha value is 0.709. The number of carbonyl (C=O) groups is 1. The zero-order valence-corrected chi connectivity index (χ0v) is 10.3. The predicted molar refractivity (Wildman–Crippen MR) is 47.1 cm³/mol. The van der Waals surface area contributed by atoms with Crippen molar-refractivity contribution in [3.63, 3.8) is 0 Å². The fourth-order valence-corrected chi connectivity index (χ4v) is 6.95. The fourth-order valence-electron chi connectivity index (χ4n) is 0.413. The van der Waals surface area contributed by atoms with Crippen LogP contribution in [-0.2, 0) is 0 Å². The molecule has 0 atom stereocenters. The standard InChI is InChI=1S/C7H14OSe2/c1-5(2)9-7(8)10-6(3)4/h5-6H,1-4H3. The van der Waals surface area contributed by atoms with Crippen LogP contribution in [0.5, 0.6) is 0 Å². The van der Waals surface area contributed by atoms with Crippen molar-refractivity contribution in [2.24, 2.45) is 0 Å². The van der Waals surface area contributed by atoms with Gasteiger partial charge < -0.3 is 0 Å². The van der Waals surface area contributed by atoms with E-state index in [9.17, 15) is 4.79 Å². The second-order valence-electron chi connectivity index (χ2n) is 2.58. The van der Waals surface area contributed by atoms with Crippen LogP contribution >= 0.6 is 0 Å². The maximum absolute atomic E-state index is 11.1. The number of rotatable bonds is 4. The van der Waals surface area contributed by atoms with E-state index in [2.05, 4.69) is 27.7 Å². The predicted octanol–water partition coefficient (Wildman–Crippen LogP) is 2.17. The average Bonchev–Trinajstić information content (AvgIpc) is 1.58. The summed E-state index contributed by atoms with van der Waals surface area (Å²) in [5.41, 5.74) is 0. The third-order valence-corrected chi connectivity index (χ3v) is 5.55. The minimum absolute atomic E-state index is 0.254. The van der Waals surface area contributed by atoms with Crippen molar-refractivity contribution < 1.29 is 4.79 Å². The topological polar surface area (TPSA) is 17.1 Å². The zero-order valence-electron chi connectivity index (χ0n) is 6.88. The van der Waals surface area contributed by atoms with Gasteiger partial charge in [-0.2, -0.15) is 0 Å². The van der Waals surface area contributed by atoms with E-state index in [1.165, 1.54) is 0 Å². The summed E-state index contributed by atoms with van der Waals surface area (Å²) in [6, 6.07) is 0. The Balaban J connectivity index is 3.44. The van der Waals surface area contributed by atoms with Crippen molar-refractivity contribution in [1.29, 1.82) is 0 Å². The molecular formula is C7H14OSe2. The first-order chi connectivity index (χ1) is 4.52. The van der Waals surface area contributed by atoms with Gasteiger partial charge in [0.05, 0.1) is 0 Å². The average molecular weight is 272 g/mol. The molecule has 0 amide bonds. The summed E-state index contributed by atoms with van der Waals surface area (Å²) in [5.74, 6) is 0. The Labute approximate surface area is 75.7 Å². The Kier molecular flexibility index (Phi) is 5.75. The van der Waals surface area contributed by atoms with Gasteiger partial charge in [0.1, 0.15) is 0 Å². The van der Waals surface area contributed by atoms with Crippen LogP contribution in [0.4, 0.5) is 4.79 Å². The van der Waals surface area contributed by atoms with E-state index in [0.29, 0.717) is 13.2 Å². The Bertz CT molecular complexity index is 98.2. The van der Waals surface area contributed by atoms with Gasteiger partial charge in [0.25, 0.3) is 0 Å². The van der Waals surface area contributed by atoms with E-state index in [4.69, 9.17) is 0 Å². The summed E-state index contributed by atoms with van der Waals surface area (Å²) in [7, 11) is 0. The molecule has 0 fully saturated rings. The molecule has 0 bridgehead atoms. The van der Waals surface area contributed by atoms with Crippen LogP contribution < -0.4 is 0 Å². The maximum atomic E-state index is 11.1. The Morgan fingerprint density at radius 1 is 1.00 bits per heavy atom. The van der Waals surface area contributed by atoms with Crippen molar-refractivity contribution in [2.45, 2.75) is 37.3 Å². The molecule has 0 aliphatic rings. The van der Waals surface area contributed by atoms with E-state index in [1.54, 1.807) is 0 Å². The number of carbonyl (C=O) groups excluding carboxylic acids is 1. The molecule has 0 radical (unpaired) electrons. The second-order valence-corrected chi connectivity index (χ2v) is 10.4. The number of hydrogen-bond acceptors (Lipinski definition) is 1. The molecule has 3 heteroatoms. The van der Waals surface area contributed by atoms with E-state index in [-0.39, 0.29) is 29.9 Å². The Morgan fingerprint density at radius 3 is 1.50 bits per heavy atom. The fraction of sp³-hybridized carbons (Fsp3) is 0.857. The van der Waals surface area contributed by atoms with Gasteiger partial charge in [-0.15, -0.1) is 0 Å². The molecule has 0 aromatic heterocycles. The van der Waals surface area contributed by atoms with Gasteiger partial charge in [-0.3, -0.25) is 0 Å². The molecule has 10 heavy (non-hydrogen) atoms. The van der Waals surface area contributed by atoms with Crippen LogP contribution in [0.25, 0.3) is 0 Å². The molecule has 0 aromatic carbocycles. The molecule has 0 aliphatic carbocycles. The van der Waals surface area contributed by atoms with Crippen LogP contribution in [0.3, 0.4) is 0 Å². The molecule has 0 saturated carbocycles. The normalized spacial score (nSPS) is 11.0. The van der Waals surface area contributed by atoms with Crippen molar-refractivity contribution in [3.05, 3.63) is 0 Å². The first-order valence-corrected chi connectivity index (χ1v) is 7.08. The van der Waals surface area contributed by atoms with Gasteiger partial charge in [-0.05, 0) is 0 Å².